The Hall–Kier alpha value is -1.43. The average molecular weight is 340 g/mol. The normalized spacial score (nSPS) is 19.5. The van der Waals surface area contributed by atoms with Gasteiger partial charge in [0.25, 0.3) is 0 Å². The Labute approximate surface area is 134 Å². The largest absolute Gasteiger partial charge is 0.245 e. The maximum absolute atomic E-state index is 13.4. The summed E-state index contributed by atoms with van der Waals surface area (Å²) < 4.78 is 40.6. The molecule has 3 nitrogen and oxygen atoms in total. The first kappa shape index (κ1) is 15.5. The van der Waals surface area contributed by atoms with E-state index in [0.717, 1.165) is 6.42 Å². The highest BCUT2D eigenvalue weighted by Gasteiger charge is 2.37. The lowest BCUT2D eigenvalue weighted by Crippen LogP contribution is -2.30. The fourth-order valence-electron chi connectivity index (χ4n) is 2.86. The fraction of sp³-hybridized carbons (Fsp3) is 0.250. The van der Waals surface area contributed by atoms with Crippen LogP contribution >= 0.6 is 11.6 Å². The van der Waals surface area contributed by atoms with Crippen molar-refractivity contribution in [3.8, 4) is 0 Å². The van der Waals surface area contributed by atoms with Gasteiger partial charge in [-0.2, -0.15) is 4.31 Å². The van der Waals surface area contributed by atoms with Crippen LogP contribution in [0.1, 0.15) is 24.4 Å². The SMILES string of the molecule is O=S(=O)(c1ccccc1Cl)N1CCC[C@@H]1c1cccc(F)c1. The molecule has 0 aliphatic carbocycles. The van der Waals surface area contributed by atoms with Crippen molar-refractivity contribution in [3.05, 3.63) is 64.9 Å². The molecule has 1 aliphatic rings. The predicted molar refractivity (Wildman–Crippen MR) is 83.7 cm³/mol. The zero-order valence-corrected chi connectivity index (χ0v) is 13.3. The van der Waals surface area contributed by atoms with Crippen LogP contribution in [0.25, 0.3) is 0 Å². The lowest BCUT2D eigenvalue weighted by Gasteiger charge is -2.25. The van der Waals surface area contributed by atoms with Gasteiger partial charge in [0.05, 0.1) is 11.1 Å². The molecule has 0 unspecified atom stereocenters. The molecule has 1 aliphatic heterocycles. The molecular weight excluding hydrogens is 325 g/mol. The summed E-state index contributed by atoms with van der Waals surface area (Å²) in [6.07, 6.45) is 1.41. The molecule has 6 heteroatoms. The maximum atomic E-state index is 13.4. The second kappa shape index (κ2) is 5.99. The minimum atomic E-state index is -3.70. The number of hydrogen-bond donors (Lipinski definition) is 0. The van der Waals surface area contributed by atoms with E-state index < -0.39 is 10.0 Å². The minimum absolute atomic E-state index is 0.0972. The van der Waals surface area contributed by atoms with Gasteiger partial charge in [-0.25, -0.2) is 12.8 Å². The average Bonchev–Trinajstić information content (AvgIpc) is 2.98. The zero-order chi connectivity index (χ0) is 15.7. The van der Waals surface area contributed by atoms with Gasteiger partial charge < -0.3 is 0 Å². The van der Waals surface area contributed by atoms with Crippen LogP contribution in [0, 0.1) is 5.82 Å². The molecule has 116 valence electrons. The van der Waals surface area contributed by atoms with Crippen LogP contribution in [-0.2, 0) is 10.0 Å². The highest BCUT2D eigenvalue weighted by atomic mass is 35.5. The van der Waals surface area contributed by atoms with Gasteiger partial charge in [-0.3, -0.25) is 0 Å². The van der Waals surface area contributed by atoms with E-state index in [9.17, 15) is 12.8 Å². The predicted octanol–water partition coefficient (Wildman–Crippen LogP) is 4.00. The molecule has 1 heterocycles. The number of nitrogens with zero attached hydrogens (tertiary/aromatic N) is 1. The van der Waals surface area contributed by atoms with Gasteiger partial charge in [-0.15, -0.1) is 0 Å². The van der Waals surface area contributed by atoms with Crippen molar-refractivity contribution in [2.24, 2.45) is 0 Å². The third-order valence-corrected chi connectivity index (χ3v) is 6.27. The molecule has 1 fully saturated rings. The van der Waals surface area contributed by atoms with Crippen LogP contribution in [0.2, 0.25) is 5.02 Å². The summed E-state index contributed by atoms with van der Waals surface area (Å²) in [5.41, 5.74) is 0.674. The standard InChI is InChI=1S/C16H15ClFNO2S/c17-14-7-1-2-9-16(14)22(20,21)19-10-4-8-15(19)12-5-3-6-13(18)11-12/h1-3,5-7,9,11,15H,4,8,10H2/t15-/m1/s1. The van der Waals surface area contributed by atoms with Crippen molar-refractivity contribution in [3.63, 3.8) is 0 Å². The molecule has 0 N–H and O–H groups in total. The first-order chi connectivity index (χ1) is 10.5. The molecule has 0 spiro atoms. The number of benzene rings is 2. The molecule has 2 aromatic carbocycles. The first-order valence-corrected chi connectivity index (χ1v) is 8.84. The maximum Gasteiger partial charge on any atom is 0.245 e. The number of rotatable bonds is 3. The van der Waals surface area contributed by atoms with Crippen LogP contribution in [0.15, 0.2) is 53.4 Å². The summed E-state index contributed by atoms with van der Waals surface area (Å²) in [5, 5.41) is 0.201. The summed E-state index contributed by atoms with van der Waals surface area (Å²) in [7, 11) is -3.70. The van der Waals surface area contributed by atoms with Crippen molar-refractivity contribution in [2.45, 2.75) is 23.8 Å². The Morgan fingerprint density at radius 1 is 1.14 bits per heavy atom. The Kier molecular flexibility index (Phi) is 4.21. The van der Waals surface area contributed by atoms with Crippen LogP contribution in [0.4, 0.5) is 4.39 Å². The van der Waals surface area contributed by atoms with E-state index in [0.29, 0.717) is 18.5 Å². The van der Waals surface area contributed by atoms with Crippen LogP contribution in [0.5, 0.6) is 0 Å². The molecular formula is C16H15ClFNO2S. The van der Waals surface area contributed by atoms with Gasteiger partial charge in [-0.1, -0.05) is 35.9 Å². The van der Waals surface area contributed by atoms with Gasteiger partial charge in [0.15, 0.2) is 0 Å². The molecule has 0 bridgehead atoms. The van der Waals surface area contributed by atoms with Crippen LogP contribution in [-0.4, -0.2) is 19.3 Å². The molecule has 2 aromatic rings. The minimum Gasteiger partial charge on any atom is -0.207 e. The summed E-state index contributed by atoms with van der Waals surface area (Å²) in [6, 6.07) is 12.1. The van der Waals surface area contributed by atoms with Crippen LogP contribution < -0.4 is 0 Å². The van der Waals surface area contributed by atoms with E-state index in [1.165, 1.54) is 22.5 Å². The monoisotopic (exact) mass is 339 g/mol. The van der Waals surface area contributed by atoms with E-state index in [1.807, 2.05) is 0 Å². The summed E-state index contributed by atoms with van der Waals surface area (Å²) in [6.45, 7) is 0.411. The summed E-state index contributed by atoms with van der Waals surface area (Å²) in [5.74, 6) is -0.362. The zero-order valence-electron chi connectivity index (χ0n) is 11.7. The van der Waals surface area contributed by atoms with Gasteiger partial charge >= 0.3 is 0 Å². The van der Waals surface area contributed by atoms with Crippen molar-refractivity contribution in [2.75, 3.05) is 6.54 Å². The van der Waals surface area contributed by atoms with E-state index >= 15 is 0 Å². The molecule has 22 heavy (non-hydrogen) atoms. The smallest absolute Gasteiger partial charge is 0.207 e. The number of hydrogen-bond acceptors (Lipinski definition) is 2. The van der Waals surface area contributed by atoms with Crippen LogP contribution in [0.3, 0.4) is 0 Å². The van der Waals surface area contributed by atoms with Crippen molar-refractivity contribution >= 4 is 21.6 Å². The molecule has 0 radical (unpaired) electrons. The lowest BCUT2D eigenvalue weighted by molar-refractivity contribution is 0.395. The molecule has 3 rings (SSSR count). The van der Waals surface area contributed by atoms with Crippen molar-refractivity contribution in [1.29, 1.82) is 0 Å². The topological polar surface area (TPSA) is 37.4 Å². The third kappa shape index (κ3) is 2.76. The Balaban J connectivity index is 2.01. The van der Waals surface area contributed by atoms with Crippen molar-refractivity contribution < 1.29 is 12.8 Å². The highest BCUT2D eigenvalue weighted by molar-refractivity contribution is 7.89. The summed E-state index contributed by atoms with van der Waals surface area (Å²) in [4.78, 5) is 0.0972. The van der Waals surface area contributed by atoms with Gasteiger partial charge in [0, 0.05) is 6.54 Å². The highest BCUT2D eigenvalue weighted by Crippen LogP contribution is 2.38. The molecule has 0 amide bonds. The Morgan fingerprint density at radius 2 is 1.91 bits per heavy atom. The number of sulfonamides is 1. The van der Waals surface area contributed by atoms with E-state index in [4.69, 9.17) is 11.6 Å². The van der Waals surface area contributed by atoms with Gasteiger partial charge in [-0.05, 0) is 42.7 Å². The van der Waals surface area contributed by atoms with E-state index in [-0.39, 0.29) is 21.8 Å². The fourth-order valence-corrected chi connectivity index (χ4v) is 5.03. The van der Waals surface area contributed by atoms with E-state index in [1.54, 1.807) is 30.3 Å². The third-order valence-electron chi connectivity index (χ3n) is 3.86. The molecule has 1 atom stereocenters. The van der Waals surface area contributed by atoms with E-state index in [2.05, 4.69) is 0 Å². The molecule has 0 aromatic heterocycles. The molecule has 0 saturated carbocycles. The summed E-state index contributed by atoms with van der Waals surface area (Å²) >= 11 is 6.04. The Bertz CT molecular complexity index is 794. The molecule has 1 saturated heterocycles. The van der Waals surface area contributed by atoms with Gasteiger partial charge in [0.1, 0.15) is 10.7 Å². The van der Waals surface area contributed by atoms with Crippen molar-refractivity contribution in [1.82, 2.24) is 4.31 Å². The number of halogens is 2. The quantitative estimate of drug-likeness (QED) is 0.847. The lowest BCUT2D eigenvalue weighted by atomic mass is 10.1. The second-order valence-corrected chi connectivity index (χ2v) is 7.53. The second-order valence-electron chi connectivity index (χ2n) is 5.26. The first-order valence-electron chi connectivity index (χ1n) is 7.02. The Morgan fingerprint density at radius 3 is 2.64 bits per heavy atom. The van der Waals surface area contributed by atoms with Gasteiger partial charge in [0.2, 0.25) is 10.0 Å².